The predicted molar refractivity (Wildman–Crippen MR) is 74.9 cm³/mol. The second kappa shape index (κ2) is 6.48. The fourth-order valence-electron chi connectivity index (χ4n) is 1.68. The van der Waals surface area contributed by atoms with Gasteiger partial charge in [-0.2, -0.15) is 0 Å². The molecule has 0 aliphatic rings. The van der Waals surface area contributed by atoms with E-state index in [0.717, 1.165) is 12.5 Å². The molecule has 0 amide bonds. The quantitative estimate of drug-likeness (QED) is 0.814. The van der Waals surface area contributed by atoms with E-state index >= 15 is 0 Å². The largest absolute Gasteiger partial charge is 0.310 e. The van der Waals surface area contributed by atoms with Crippen LogP contribution in [0.3, 0.4) is 0 Å². The molecule has 84 valence electrons. The van der Waals surface area contributed by atoms with Crippen molar-refractivity contribution in [2.75, 3.05) is 0 Å². The molecule has 1 aromatic carbocycles. The van der Waals surface area contributed by atoms with E-state index in [1.165, 1.54) is 15.6 Å². The van der Waals surface area contributed by atoms with Crippen molar-refractivity contribution in [2.45, 2.75) is 39.8 Å². The standard InChI is InChI=1S/C13H20IN/c1-10(2)8-11(3)15-9-12-4-6-13(14)7-5-12/h4-7,10-11,15H,8-9H2,1-3H3. The Kier molecular flexibility index (Phi) is 5.61. The van der Waals surface area contributed by atoms with Crippen LogP contribution in [0, 0.1) is 9.49 Å². The van der Waals surface area contributed by atoms with E-state index in [0.29, 0.717) is 6.04 Å². The first kappa shape index (κ1) is 13.0. The SMILES string of the molecule is CC(C)CC(C)NCc1ccc(I)cc1. The van der Waals surface area contributed by atoms with Crippen molar-refractivity contribution in [1.29, 1.82) is 0 Å². The average Bonchev–Trinajstić information content (AvgIpc) is 2.16. The summed E-state index contributed by atoms with van der Waals surface area (Å²) in [7, 11) is 0. The molecular formula is C13H20IN. The zero-order valence-corrected chi connectivity index (χ0v) is 11.9. The molecule has 0 aromatic heterocycles. The summed E-state index contributed by atoms with van der Waals surface area (Å²) in [6.45, 7) is 7.77. The first-order valence-electron chi connectivity index (χ1n) is 5.55. The van der Waals surface area contributed by atoms with Crippen LogP contribution in [0.25, 0.3) is 0 Å². The second-order valence-electron chi connectivity index (χ2n) is 4.54. The van der Waals surface area contributed by atoms with Gasteiger partial charge in [-0.3, -0.25) is 0 Å². The third-order valence-electron chi connectivity index (χ3n) is 2.39. The molecule has 1 N–H and O–H groups in total. The molecule has 0 radical (unpaired) electrons. The van der Waals surface area contributed by atoms with Gasteiger partial charge in [0.1, 0.15) is 0 Å². The van der Waals surface area contributed by atoms with Crippen LogP contribution in [0.15, 0.2) is 24.3 Å². The Balaban J connectivity index is 2.33. The van der Waals surface area contributed by atoms with E-state index in [9.17, 15) is 0 Å². The van der Waals surface area contributed by atoms with E-state index in [2.05, 4.69) is 72.9 Å². The maximum Gasteiger partial charge on any atom is 0.0207 e. The van der Waals surface area contributed by atoms with Crippen molar-refractivity contribution in [3.63, 3.8) is 0 Å². The van der Waals surface area contributed by atoms with E-state index < -0.39 is 0 Å². The normalized spacial score (nSPS) is 13.1. The number of nitrogens with one attached hydrogen (secondary N) is 1. The molecule has 2 heteroatoms. The minimum atomic E-state index is 0.601. The monoisotopic (exact) mass is 317 g/mol. The van der Waals surface area contributed by atoms with Crippen LogP contribution < -0.4 is 5.32 Å². The van der Waals surface area contributed by atoms with Crippen LogP contribution >= 0.6 is 22.6 Å². The van der Waals surface area contributed by atoms with Gasteiger partial charge < -0.3 is 5.32 Å². The summed E-state index contributed by atoms with van der Waals surface area (Å²) in [6, 6.07) is 9.30. The smallest absolute Gasteiger partial charge is 0.0207 e. The lowest BCUT2D eigenvalue weighted by Gasteiger charge is -2.15. The molecule has 0 aliphatic carbocycles. The van der Waals surface area contributed by atoms with Crippen molar-refractivity contribution < 1.29 is 0 Å². The van der Waals surface area contributed by atoms with Gasteiger partial charge in [0.05, 0.1) is 0 Å². The van der Waals surface area contributed by atoms with Crippen molar-refractivity contribution in [2.24, 2.45) is 5.92 Å². The van der Waals surface area contributed by atoms with E-state index in [-0.39, 0.29) is 0 Å². The molecular weight excluding hydrogens is 297 g/mol. The fraction of sp³-hybridized carbons (Fsp3) is 0.538. The third kappa shape index (κ3) is 5.52. The molecule has 0 saturated heterocycles. The highest BCUT2D eigenvalue weighted by Crippen LogP contribution is 2.08. The zero-order valence-electron chi connectivity index (χ0n) is 9.76. The van der Waals surface area contributed by atoms with Gasteiger partial charge in [0.25, 0.3) is 0 Å². The Morgan fingerprint density at radius 2 is 1.73 bits per heavy atom. The summed E-state index contributed by atoms with van der Waals surface area (Å²) in [5, 5.41) is 3.55. The minimum absolute atomic E-state index is 0.601. The number of halogens is 1. The summed E-state index contributed by atoms with van der Waals surface area (Å²) >= 11 is 2.33. The lowest BCUT2D eigenvalue weighted by atomic mass is 10.1. The average molecular weight is 317 g/mol. The van der Waals surface area contributed by atoms with Crippen LogP contribution in [-0.2, 0) is 6.54 Å². The van der Waals surface area contributed by atoms with E-state index in [1.807, 2.05) is 0 Å². The Bertz CT molecular complexity index is 279. The van der Waals surface area contributed by atoms with Crippen molar-refractivity contribution in [1.82, 2.24) is 5.32 Å². The summed E-state index contributed by atoms with van der Waals surface area (Å²) in [5.41, 5.74) is 1.37. The van der Waals surface area contributed by atoms with E-state index in [4.69, 9.17) is 0 Å². The summed E-state index contributed by atoms with van der Waals surface area (Å²) < 4.78 is 1.30. The molecule has 15 heavy (non-hydrogen) atoms. The highest BCUT2D eigenvalue weighted by Gasteiger charge is 2.03. The Labute approximate surface area is 107 Å². The van der Waals surface area contributed by atoms with Crippen LogP contribution in [0.5, 0.6) is 0 Å². The van der Waals surface area contributed by atoms with Gasteiger partial charge in [0.2, 0.25) is 0 Å². The van der Waals surface area contributed by atoms with Gasteiger partial charge in [-0.15, -0.1) is 0 Å². The first-order valence-corrected chi connectivity index (χ1v) is 6.63. The molecule has 0 fully saturated rings. The summed E-state index contributed by atoms with van der Waals surface area (Å²) in [4.78, 5) is 0. The number of rotatable bonds is 5. The van der Waals surface area contributed by atoms with Gasteiger partial charge >= 0.3 is 0 Å². The molecule has 0 spiro atoms. The maximum absolute atomic E-state index is 3.55. The van der Waals surface area contributed by atoms with Gasteiger partial charge in [-0.25, -0.2) is 0 Å². The van der Waals surface area contributed by atoms with Crippen molar-refractivity contribution in [3.8, 4) is 0 Å². The number of hydrogen-bond donors (Lipinski definition) is 1. The van der Waals surface area contributed by atoms with Gasteiger partial charge in [0, 0.05) is 16.2 Å². The Morgan fingerprint density at radius 3 is 2.27 bits per heavy atom. The lowest BCUT2D eigenvalue weighted by molar-refractivity contribution is 0.441. The topological polar surface area (TPSA) is 12.0 Å². The molecule has 1 unspecified atom stereocenters. The fourth-order valence-corrected chi connectivity index (χ4v) is 2.04. The van der Waals surface area contributed by atoms with Gasteiger partial charge in [-0.05, 0) is 59.5 Å². The highest BCUT2D eigenvalue weighted by molar-refractivity contribution is 14.1. The van der Waals surface area contributed by atoms with Crippen LogP contribution in [0.4, 0.5) is 0 Å². The molecule has 1 atom stereocenters. The number of benzene rings is 1. The molecule has 1 aromatic rings. The number of hydrogen-bond acceptors (Lipinski definition) is 1. The second-order valence-corrected chi connectivity index (χ2v) is 5.78. The molecule has 1 nitrogen and oxygen atoms in total. The highest BCUT2D eigenvalue weighted by atomic mass is 127. The van der Waals surface area contributed by atoms with Gasteiger partial charge in [-0.1, -0.05) is 26.0 Å². The van der Waals surface area contributed by atoms with Crippen LogP contribution in [-0.4, -0.2) is 6.04 Å². The predicted octanol–water partition coefficient (Wildman–Crippen LogP) is 3.82. The van der Waals surface area contributed by atoms with Crippen LogP contribution in [0.1, 0.15) is 32.8 Å². The Hall–Kier alpha value is -0.0900. The molecule has 0 bridgehead atoms. The molecule has 0 aliphatic heterocycles. The maximum atomic E-state index is 3.55. The third-order valence-corrected chi connectivity index (χ3v) is 3.11. The summed E-state index contributed by atoms with van der Waals surface area (Å²) in [6.07, 6.45) is 1.24. The molecule has 0 saturated carbocycles. The molecule has 0 heterocycles. The zero-order chi connectivity index (χ0) is 11.3. The van der Waals surface area contributed by atoms with E-state index in [1.54, 1.807) is 0 Å². The van der Waals surface area contributed by atoms with Gasteiger partial charge in [0.15, 0.2) is 0 Å². The Morgan fingerprint density at radius 1 is 1.13 bits per heavy atom. The van der Waals surface area contributed by atoms with Crippen molar-refractivity contribution >= 4 is 22.6 Å². The van der Waals surface area contributed by atoms with Crippen LogP contribution in [0.2, 0.25) is 0 Å². The summed E-state index contributed by atoms with van der Waals surface area (Å²) in [5.74, 6) is 0.768. The first-order chi connectivity index (χ1) is 7.08. The van der Waals surface area contributed by atoms with Crippen molar-refractivity contribution in [3.05, 3.63) is 33.4 Å². The molecule has 1 rings (SSSR count). The minimum Gasteiger partial charge on any atom is -0.310 e. The lowest BCUT2D eigenvalue weighted by Crippen LogP contribution is -2.26.